The highest BCUT2D eigenvalue weighted by Gasteiger charge is 2.39. The van der Waals surface area contributed by atoms with Crippen molar-refractivity contribution >= 4 is 15.7 Å². The first-order chi connectivity index (χ1) is 9.39. The van der Waals surface area contributed by atoms with E-state index in [2.05, 4.69) is 5.32 Å². The Morgan fingerprint density at radius 2 is 2.05 bits per heavy atom. The number of benzene rings is 1. The monoisotopic (exact) mass is 297 g/mol. The summed E-state index contributed by atoms with van der Waals surface area (Å²) in [5, 5.41) is 2.80. The van der Waals surface area contributed by atoms with Gasteiger partial charge in [-0.05, 0) is 25.5 Å². The molecule has 1 N–H and O–H groups in total. The van der Waals surface area contributed by atoms with E-state index in [1.54, 1.807) is 6.92 Å². The van der Waals surface area contributed by atoms with Crippen LogP contribution in [-0.4, -0.2) is 38.0 Å². The van der Waals surface area contributed by atoms with Crippen LogP contribution < -0.4 is 10.1 Å². The number of para-hydroxylation sites is 1. The Morgan fingerprint density at radius 1 is 1.35 bits per heavy atom. The van der Waals surface area contributed by atoms with E-state index < -0.39 is 15.4 Å². The fraction of sp³-hybridized carbons (Fsp3) is 0.500. The zero-order valence-corrected chi connectivity index (χ0v) is 12.3. The Morgan fingerprint density at radius 3 is 2.65 bits per heavy atom. The molecule has 1 atom stereocenters. The molecular formula is C14H19NO4S. The van der Waals surface area contributed by atoms with E-state index >= 15 is 0 Å². The van der Waals surface area contributed by atoms with Gasteiger partial charge in [-0.15, -0.1) is 0 Å². The average Bonchev–Trinajstić information content (AvgIpc) is 2.64. The van der Waals surface area contributed by atoms with Crippen molar-refractivity contribution in [3.05, 3.63) is 30.3 Å². The molecule has 1 heterocycles. The first-order valence-electron chi connectivity index (χ1n) is 6.58. The van der Waals surface area contributed by atoms with Gasteiger partial charge in [0, 0.05) is 0 Å². The molecule has 5 nitrogen and oxygen atoms in total. The minimum atomic E-state index is -3.01. The molecule has 1 saturated heterocycles. The molecule has 1 unspecified atom stereocenters. The van der Waals surface area contributed by atoms with Crippen LogP contribution in [0.1, 0.15) is 19.8 Å². The van der Waals surface area contributed by atoms with Crippen molar-refractivity contribution in [1.29, 1.82) is 0 Å². The molecule has 1 aliphatic rings. The number of sulfone groups is 1. The third kappa shape index (κ3) is 4.23. The second-order valence-corrected chi connectivity index (χ2v) is 7.55. The van der Waals surface area contributed by atoms with Gasteiger partial charge in [0.25, 0.3) is 0 Å². The number of rotatable bonds is 5. The lowest BCUT2D eigenvalue weighted by Crippen LogP contribution is -2.47. The summed E-state index contributed by atoms with van der Waals surface area (Å²) in [5.41, 5.74) is -0.636. The van der Waals surface area contributed by atoms with E-state index in [4.69, 9.17) is 4.74 Å². The van der Waals surface area contributed by atoms with Gasteiger partial charge in [-0.2, -0.15) is 0 Å². The van der Waals surface area contributed by atoms with Gasteiger partial charge in [0.05, 0.1) is 30.1 Å². The molecule has 0 spiro atoms. The molecule has 1 aromatic carbocycles. The van der Waals surface area contributed by atoms with Crippen molar-refractivity contribution in [3.63, 3.8) is 0 Å². The van der Waals surface area contributed by atoms with Crippen LogP contribution in [-0.2, 0) is 14.6 Å². The molecule has 1 aromatic rings. The van der Waals surface area contributed by atoms with Gasteiger partial charge in [0.2, 0.25) is 5.91 Å². The molecule has 2 rings (SSSR count). The standard InChI is InChI=1S/C14H19NO4S/c1-14(8-10-20(17,18)11-14)15-13(16)7-9-19-12-5-3-2-4-6-12/h2-6H,7-11H2,1H3,(H,15,16). The van der Waals surface area contributed by atoms with Crippen molar-refractivity contribution in [2.24, 2.45) is 0 Å². The summed E-state index contributed by atoms with van der Waals surface area (Å²) in [7, 11) is -3.01. The Balaban J connectivity index is 1.76. The van der Waals surface area contributed by atoms with E-state index in [-0.39, 0.29) is 30.4 Å². The number of ether oxygens (including phenoxy) is 1. The third-order valence-corrected chi connectivity index (χ3v) is 5.19. The summed E-state index contributed by atoms with van der Waals surface area (Å²) in [5.74, 6) is 0.700. The van der Waals surface area contributed by atoms with Crippen LogP contribution in [0.5, 0.6) is 5.75 Å². The summed E-state index contributed by atoms with van der Waals surface area (Å²) in [4.78, 5) is 11.8. The van der Waals surface area contributed by atoms with E-state index in [9.17, 15) is 13.2 Å². The lowest BCUT2D eigenvalue weighted by molar-refractivity contribution is -0.123. The predicted molar refractivity (Wildman–Crippen MR) is 76.4 cm³/mol. The largest absolute Gasteiger partial charge is 0.493 e. The summed E-state index contributed by atoms with van der Waals surface area (Å²) >= 11 is 0. The maximum absolute atomic E-state index is 11.8. The quantitative estimate of drug-likeness (QED) is 0.885. The van der Waals surface area contributed by atoms with Crippen molar-refractivity contribution in [3.8, 4) is 5.75 Å². The highest BCUT2D eigenvalue weighted by Crippen LogP contribution is 2.22. The molecule has 20 heavy (non-hydrogen) atoms. The number of carbonyl (C=O) groups is 1. The number of amides is 1. The Labute approximate surface area is 119 Å². The molecule has 1 amide bonds. The molecular weight excluding hydrogens is 278 g/mol. The maximum Gasteiger partial charge on any atom is 0.223 e. The smallest absolute Gasteiger partial charge is 0.223 e. The topological polar surface area (TPSA) is 72.5 Å². The fourth-order valence-corrected chi connectivity index (χ4v) is 4.38. The van der Waals surface area contributed by atoms with Crippen molar-refractivity contribution < 1.29 is 17.9 Å². The summed E-state index contributed by atoms with van der Waals surface area (Å²) < 4.78 is 28.3. The molecule has 1 aliphatic heterocycles. The Bertz CT molecular complexity index is 570. The molecule has 0 bridgehead atoms. The first-order valence-corrected chi connectivity index (χ1v) is 8.40. The highest BCUT2D eigenvalue weighted by molar-refractivity contribution is 7.91. The fourth-order valence-electron chi connectivity index (χ4n) is 2.29. The normalized spacial score (nSPS) is 24.2. The second-order valence-electron chi connectivity index (χ2n) is 5.36. The Hall–Kier alpha value is -1.56. The number of hydrogen-bond acceptors (Lipinski definition) is 4. The molecule has 6 heteroatoms. The lowest BCUT2D eigenvalue weighted by atomic mass is 10.0. The zero-order chi connectivity index (χ0) is 14.6. The molecule has 0 saturated carbocycles. The minimum absolute atomic E-state index is 0.0191. The highest BCUT2D eigenvalue weighted by atomic mass is 32.2. The van der Waals surface area contributed by atoms with E-state index in [1.165, 1.54) is 0 Å². The van der Waals surface area contributed by atoms with E-state index in [0.29, 0.717) is 6.42 Å². The number of carbonyl (C=O) groups excluding carboxylic acids is 1. The van der Waals surface area contributed by atoms with Crippen LogP contribution in [0.3, 0.4) is 0 Å². The Kier molecular flexibility index (Phi) is 4.32. The number of nitrogens with one attached hydrogen (secondary N) is 1. The summed E-state index contributed by atoms with van der Waals surface area (Å²) in [6.45, 7) is 2.05. The van der Waals surface area contributed by atoms with Crippen LogP contribution in [0.15, 0.2) is 30.3 Å². The lowest BCUT2D eigenvalue weighted by Gasteiger charge is -2.23. The van der Waals surface area contributed by atoms with Crippen molar-refractivity contribution in [2.75, 3.05) is 18.1 Å². The predicted octanol–water partition coefficient (Wildman–Crippen LogP) is 1.15. The van der Waals surface area contributed by atoms with Gasteiger partial charge in [-0.25, -0.2) is 8.42 Å². The van der Waals surface area contributed by atoms with Gasteiger partial charge in [-0.1, -0.05) is 18.2 Å². The second kappa shape index (κ2) is 5.83. The van der Waals surface area contributed by atoms with Crippen LogP contribution in [0.2, 0.25) is 0 Å². The third-order valence-electron chi connectivity index (χ3n) is 3.29. The molecule has 0 radical (unpaired) electrons. The molecule has 0 aliphatic carbocycles. The van der Waals surface area contributed by atoms with Crippen molar-refractivity contribution in [1.82, 2.24) is 5.32 Å². The number of hydrogen-bond donors (Lipinski definition) is 1. The van der Waals surface area contributed by atoms with Crippen LogP contribution in [0, 0.1) is 0 Å². The molecule has 0 aromatic heterocycles. The molecule has 1 fully saturated rings. The molecule has 110 valence electrons. The van der Waals surface area contributed by atoms with Crippen LogP contribution in [0.4, 0.5) is 0 Å². The van der Waals surface area contributed by atoms with Gasteiger partial charge >= 0.3 is 0 Å². The van der Waals surface area contributed by atoms with E-state index in [0.717, 1.165) is 5.75 Å². The minimum Gasteiger partial charge on any atom is -0.493 e. The SMILES string of the molecule is CC1(NC(=O)CCOc2ccccc2)CCS(=O)(=O)C1. The summed E-state index contributed by atoms with van der Waals surface area (Å²) in [6, 6.07) is 9.26. The summed E-state index contributed by atoms with van der Waals surface area (Å²) in [6.07, 6.45) is 0.686. The van der Waals surface area contributed by atoms with Gasteiger partial charge in [0.1, 0.15) is 5.75 Å². The van der Waals surface area contributed by atoms with Crippen molar-refractivity contribution in [2.45, 2.75) is 25.3 Å². The maximum atomic E-state index is 11.8. The van der Waals surface area contributed by atoms with Gasteiger partial charge in [-0.3, -0.25) is 4.79 Å². The zero-order valence-electron chi connectivity index (χ0n) is 11.5. The van der Waals surface area contributed by atoms with Gasteiger partial charge in [0.15, 0.2) is 9.84 Å². The van der Waals surface area contributed by atoms with Gasteiger partial charge < -0.3 is 10.1 Å². The van der Waals surface area contributed by atoms with E-state index in [1.807, 2.05) is 30.3 Å². The first kappa shape index (κ1) is 14.8. The van der Waals surface area contributed by atoms with Crippen LogP contribution in [0.25, 0.3) is 0 Å². The van der Waals surface area contributed by atoms with Crippen LogP contribution >= 0.6 is 0 Å². The average molecular weight is 297 g/mol.